The van der Waals surface area contributed by atoms with Gasteiger partial charge in [0.25, 0.3) is 0 Å². The summed E-state index contributed by atoms with van der Waals surface area (Å²) in [5, 5.41) is 0.139. The van der Waals surface area contributed by atoms with Gasteiger partial charge in [-0.2, -0.15) is 15.0 Å². The number of hydrogen-bond acceptors (Lipinski definition) is 7. The van der Waals surface area contributed by atoms with E-state index in [4.69, 9.17) is 21.1 Å². The van der Waals surface area contributed by atoms with Gasteiger partial charge in [-0.15, -0.1) is 0 Å². The van der Waals surface area contributed by atoms with Gasteiger partial charge >= 0.3 is 6.01 Å². The number of nitrogens with zero attached hydrogens (tertiary/aromatic N) is 5. The molecule has 6 rings (SSSR count). The summed E-state index contributed by atoms with van der Waals surface area (Å²) in [5.41, 5.74) is -0.287. The maximum atomic E-state index is 15.0. The number of pyridine rings is 1. The van der Waals surface area contributed by atoms with Crippen molar-refractivity contribution < 1.29 is 18.3 Å². The van der Waals surface area contributed by atoms with Crippen LogP contribution in [-0.4, -0.2) is 69.9 Å². The van der Waals surface area contributed by atoms with E-state index in [1.165, 1.54) is 0 Å². The number of aromatic nitrogens is 3. The summed E-state index contributed by atoms with van der Waals surface area (Å²) < 4.78 is 41.2. The van der Waals surface area contributed by atoms with Gasteiger partial charge < -0.3 is 14.4 Å². The van der Waals surface area contributed by atoms with Crippen LogP contribution >= 0.6 is 11.6 Å². The van der Waals surface area contributed by atoms with Crippen LogP contribution in [0.15, 0.2) is 0 Å². The summed E-state index contributed by atoms with van der Waals surface area (Å²) in [6.07, 6.45) is 3.29. The van der Waals surface area contributed by atoms with Crippen molar-refractivity contribution in [1.29, 1.82) is 0 Å². The van der Waals surface area contributed by atoms with E-state index in [0.29, 0.717) is 24.2 Å². The molecule has 0 N–H and O–H groups in total. The lowest BCUT2D eigenvalue weighted by Gasteiger charge is -2.31. The van der Waals surface area contributed by atoms with Crippen molar-refractivity contribution in [2.75, 3.05) is 31.1 Å². The van der Waals surface area contributed by atoms with E-state index >= 15 is 4.39 Å². The van der Waals surface area contributed by atoms with Crippen LogP contribution in [0.2, 0.25) is 5.15 Å². The van der Waals surface area contributed by atoms with E-state index in [9.17, 15) is 4.39 Å². The first-order valence-corrected chi connectivity index (χ1v) is 11.3. The van der Waals surface area contributed by atoms with Crippen molar-refractivity contribution in [3.05, 3.63) is 11.0 Å². The quantitative estimate of drug-likeness (QED) is 0.661. The topological polar surface area (TPSA) is 63.6 Å². The Morgan fingerprint density at radius 1 is 1.26 bits per heavy atom. The van der Waals surface area contributed by atoms with Crippen LogP contribution in [0, 0.1) is 5.82 Å². The Labute approximate surface area is 183 Å². The van der Waals surface area contributed by atoms with Gasteiger partial charge in [0.15, 0.2) is 11.0 Å². The normalized spacial score (nSPS) is 32.1. The molecule has 4 aliphatic heterocycles. The zero-order valence-electron chi connectivity index (χ0n) is 17.3. The molecule has 31 heavy (non-hydrogen) atoms. The summed E-state index contributed by atoms with van der Waals surface area (Å²) in [5.74, 6) is 0.107. The zero-order valence-corrected chi connectivity index (χ0v) is 18.0. The second-order valence-corrected chi connectivity index (χ2v) is 9.52. The zero-order chi connectivity index (χ0) is 21.3. The number of fused-ring (bicyclic) bond motifs is 3. The summed E-state index contributed by atoms with van der Waals surface area (Å²) in [6.45, 7) is 4.36. The highest BCUT2D eigenvalue weighted by molar-refractivity contribution is 6.30. The molecule has 0 saturated carbocycles. The number of anilines is 1. The highest BCUT2D eigenvalue weighted by Gasteiger charge is 2.49. The van der Waals surface area contributed by atoms with E-state index in [1.807, 2.05) is 6.92 Å². The molecule has 0 spiro atoms. The minimum atomic E-state index is -0.847. The molecule has 4 atom stereocenters. The number of hydrogen-bond donors (Lipinski definition) is 0. The van der Waals surface area contributed by atoms with Gasteiger partial charge in [-0.1, -0.05) is 11.6 Å². The Balaban J connectivity index is 1.43. The largest absolute Gasteiger partial charge is 0.472 e. The van der Waals surface area contributed by atoms with Crippen molar-refractivity contribution in [2.24, 2.45) is 0 Å². The number of halogens is 3. The van der Waals surface area contributed by atoms with Crippen molar-refractivity contribution in [3.8, 4) is 11.9 Å². The Kier molecular flexibility index (Phi) is 4.44. The van der Waals surface area contributed by atoms with Crippen LogP contribution in [0.5, 0.6) is 11.9 Å². The van der Waals surface area contributed by atoms with Gasteiger partial charge in [0.2, 0.25) is 5.88 Å². The van der Waals surface area contributed by atoms with E-state index in [0.717, 1.165) is 38.8 Å². The van der Waals surface area contributed by atoms with Gasteiger partial charge in [0.05, 0.1) is 11.6 Å². The predicted octanol–water partition coefficient (Wildman–Crippen LogP) is 3.52. The second kappa shape index (κ2) is 7.00. The maximum absolute atomic E-state index is 15.0. The molecule has 0 aliphatic carbocycles. The molecule has 2 aromatic heterocycles. The fourth-order valence-electron chi connectivity index (χ4n) is 5.88. The monoisotopic (exact) mass is 451 g/mol. The van der Waals surface area contributed by atoms with Crippen molar-refractivity contribution >= 4 is 28.3 Å². The molecule has 3 saturated heterocycles. The third kappa shape index (κ3) is 2.96. The second-order valence-electron chi connectivity index (χ2n) is 9.17. The molecule has 0 radical (unpaired) electrons. The fourth-order valence-corrected chi connectivity index (χ4v) is 6.05. The first kappa shape index (κ1) is 19.7. The Hall–Kier alpha value is -2.00. The number of alkyl halides is 1. The maximum Gasteiger partial charge on any atom is 0.319 e. The minimum Gasteiger partial charge on any atom is -0.472 e. The summed E-state index contributed by atoms with van der Waals surface area (Å²) >= 11 is 6.06. The highest BCUT2D eigenvalue weighted by Crippen LogP contribution is 2.43. The van der Waals surface area contributed by atoms with Crippen molar-refractivity contribution in [2.45, 2.75) is 62.9 Å². The van der Waals surface area contributed by atoms with Gasteiger partial charge in [-0.25, -0.2) is 8.78 Å². The smallest absolute Gasteiger partial charge is 0.319 e. The third-order valence-electron chi connectivity index (χ3n) is 7.31. The fraction of sp³-hybridized carbons (Fsp3) is 0.667. The van der Waals surface area contributed by atoms with Gasteiger partial charge in [-0.05, 0) is 39.2 Å². The summed E-state index contributed by atoms with van der Waals surface area (Å²) in [4.78, 5) is 17.5. The molecule has 7 nitrogen and oxygen atoms in total. The Bertz CT molecular complexity index is 1060. The first-order chi connectivity index (χ1) is 14.9. The van der Waals surface area contributed by atoms with Gasteiger partial charge in [0.1, 0.15) is 35.6 Å². The standard InChI is InChI=1S/C21H24ClF2N5O2/c1-11-13-4-2-7-29(13)18-14-16(15(24)17(22)26-19(14)31-11)25-20(27-18)30-10-21-5-3-6-28(21)9-12(23)8-21/h11-13H,2-10H2,1H3/t11?,12-,13+,21+/m1/s1. The molecule has 4 aliphatic rings. The van der Waals surface area contributed by atoms with Crippen LogP contribution in [0.25, 0.3) is 10.9 Å². The third-order valence-corrected chi connectivity index (χ3v) is 7.56. The molecule has 3 fully saturated rings. The lowest BCUT2D eigenvalue weighted by Crippen LogP contribution is -2.43. The number of rotatable bonds is 3. The Morgan fingerprint density at radius 2 is 2.13 bits per heavy atom. The summed E-state index contributed by atoms with van der Waals surface area (Å²) in [6, 6.07) is 0.186. The molecule has 166 valence electrons. The SMILES string of the molecule is CC1Oc2nc(Cl)c(F)c3nc(OC[C@@]45CCCN4C[C@H](F)C5)nc(c23)N2CCC[C@@H]12. The summed E-state index contributed by atoms with van der Waals surface area (Å²) in [7, 11) is 0. The van der Waals surface area contributed by atoms with Gasteiger partial charge in [0, 0.05) is 19.5 Å². The molecular weight excluding hydrogens is 428 g/mol. The van der Waals surface area contributed by atoms with Crippen molar-refractivity contribution in [1.82, 2.24) is 19.9 Å². The van der Waals surface area contributed by atoms with Crippen LogP contribution in [0.4, 0.5) is 14.6 Å². The van der Waals surface area contributed by atoms with Crippen molar-refractivity contribution in [3.63, 3.8) is 0 Å². The molecule has 0 amide bonds. The van der Waals surface area contributed by atoms with E-state index in [2.05, 4.69) is 24.8 Å². The lowest BCUT2D eigenvalue weighted by molar-refractivity contribution is 0.107. The van der Waals surface area contributed by atoms with Crippen LogP contribution in [0.3, 0.4) is 0 Å². The first-order valence-electron chi connectivity index (χ1n) is 11.0. The van der Waals surface area contributed by atoms with Crippen LogP contribution in [0.1, 0.15) is 39.0 Å². The van der Waals surface area contributed by atoms with Gasteiger partial charge in [-0.3, -0.25) is 4.90 Å². The van der Waals surface area contributed by atoms with Crippen LogP contribution < -0.4 is 14.4 Å². The molecule has 0 aromatic carbocycles. The Morgan fingerprint density at radius 3 is 3.00 bits per heavy atom. The predicted molar refractivity (Wildman–Crippen MR) is 111 cm³/mol. The molecule has 2 aromatic rings. The molecule has 1 unspecified atom stereocenters. The molecule has 10 heteroatoms. The van der Waals surface area contributed by atoms with Crippen LogP contribution in [-0.2, 0) is 0 Å². The molecule has 6 heterocycles. The highest BCUT2D eigenvalue weighted by atomic mass is 35.5. The average molecular weight is 452 g/mol. The minimum absolute atomic E-state index is 0.0466. The lowest BCUT2D eigenvalue weighted by atomic mass is 9.95. The molecular formula is C21H24ClF2N5O2. The average Bonchev–Trinajstić information content (AvgIpc) is 3.42. The number of ether oxygens (including phenoxy) is 2. The van der Waals surface area contributed by atoms with E-state index in [1.54, 1.807) is 0 Å². The van der Waals surface area contributed by atoms with E-state index in [-0.39, 0.29) is 46.9 Å². The van der Waals surface area contributed by atoms with E-state index < -0.39 is 12.0 Å². The molecule has 0 bridgehead atoms.